The molecule has 0 saturated carbocycles. The second kappa shape index (κ2) is 4.29. The molecule has 0 saturated heterocycles. The zero-order chi connectivity index (χ0) is 10.8. The Morgan fingerprint density at radius 3 is 2.50 bits per heavy atom. The number of rotatable bonds is 2. The molecule has 0 aromatic heterocycles. The van der Waals surface area contributed by atoms with Gasteiger partial charge in [0.25, 0.3) is 0 Å². The van der Waals surface area contributed by atoms with Crippen LogP contribution in [0.3, 0.4) is 0 Å². The van der Waals surface area contributed by atoms with Crippen LogP contribution in [0.15, 0.2) is 22.7 Å². The van der Waals surface area contributed by atoms with Crippen molar-refractivity contribution in [3.05, 3.63) is 33.8 Å². The predicted molar refractivity (Wildman–Crippen MR) is 48.1 cm³/mol. The van der Waals surface area contributed by atoms with Crippen LogP contribution < -0.4 is 5.90 Å². The highest BCUT2D eigenvalue weighted by molar-refractivity contribution is 9.10. The minimum Gasteiger partial charge on any atom is -0.300 e. The predicted octanol–water partition coefficient (Wildman–Crippen LogP) is 2.86. The van der Waals surface area contributed by atoms with Crippen molar-refractivity contribution in [3.8, 4) is 0 Å². The van der Waals surface area contributed by atoms with Crippen LogP contribution in [0.25, 0.3) is 0 Å². The topological polar surface area (TPSA) is 35.2 Å². The molecule has 14 heavy (non-hydrogen) atoms. The number of hydrogen-bond donors (Lipinski definition) is 1. The van der Waals surface area contributed by atoms with Gasteiger partial charge in [-0.2, -0.15) is 13.2 Å². The molecule has 1 aromatic rings. The first kappa shape index (κ1) is 11.5. The Kier molecular flexibility index (Phi) is 3.52. The molecule has 1 aromatic carbocycles. The van der Waals surface area contributed by atoms with E-state index in [9.17, 15) is 13.2 Å². The van der Waals surface area contributed by atoms with E-state index in [0.29, 0.717) is 4.47 Å². The van der Waals surface area contributed by atoms with Gasteiger partial charge in [-0.1, -0.05) is 22.0 Å². The monoisotopic (exact) mass is 269 g/mol. The molecule has 0 aliphatic rings. The molecule has 0 heterocycles. The van der Waals surface area contributed by atoms with E-state index >= 15 is 0 Å². The van der Waals surface area contributed by atoms with Crippen molar-refractivity contribution in [1.82, 2.24) is 0 Å². The zero-order valence-corrected chi connectivity index (χ0v) is 8.52. The lowest BCUT2D eigenvalue weighted by Crippen LogP contribution is -2.11. The Morgan fingerprint density at radius 1 is 1.36 bits per heavy atom. The number of nitrogens with two attached hydrogens (primary N) is 1. The number of benzene rings is 1. The zero-order valence-electron chi connectivity index (χ0n) is 6.94. The van der Waals surface area contributed by atoms with Crippen molar-refractivity contribution in [2.45, 2.75) is 12.8 Å². The summed E-state index contributed by atoms with van der Waals surface area (Å²) in [5.41, 5.74) is -0.722. The van der Waals surface area contributed by atoms with Crippen LogP contribution >= 0.6 is 15.9 Å². The molecule has 0 aliphatic carbocycles. The molecule has 0 radical (unpaired) electrons. The summed E-state index contributed by atoms with van der Waals surface area (Å²) in [5.74, 6) is 4.73. The lowest BCUT2D eigenvalue weighted by molar-refractivity contribution is -0.138. The van der Waals surface area contributed by atoms with Crippen molar-refractivity contribution < 1.29 is 18.0 Å². The van der Waals surface area contributed by atoms with Crippen LogP contribution in [0.1, 0.15) is 11.1 Å². The lowest BCUT2D eigenvalue weighted by Gasteiger charge is -2.12. The van der Waals surface area contributed by atoms with Gasteiger partial charge in [-0.3, -0.25) is 4.84 Å². The van der Waals surface area contributed by atoms with Crippen LogP contribution in [0, 0.1) is 0 Å². The summed E-state index contributed by atoms with van der Waals surface area (Å²) in [4.78, 5) is 4.19. The minimum atomic E-state index is -4.39. The smallest absolute Gasteiger partial charge is 0.300 e. The normalized spacial score (nSPS) is 11.8. The van der Waals surface area contributed by atoms with E-state index in [1.54, 1.807) is 0 Å². The molecule has 0 fully saturated rings. The van der Waals surface area contributed by atoms with Gasteiger partial charge >= 0.3 is 6.18 Å². The van der Waals surface area contributed by atoms with Crippen LogP contribution in [-0.4, -0.2) is 0 Å². The summed E-state index contributed by atoms with van der Waals surface area (Å²) in [6.07, 6.45) is -4.39. The fourth-order valence-electron chi connectivity index (χ4n) is 1.03. The number of alkyl halides is 3. The second-order valence-corrected chi connectivity index (χ2v) is 3.53. The quantitative estimate of drug-likeness (QED) is 0.838. The maximum absolute atomic E-state index is 12.4. The molecule has 1 rings (SSSR count). The highest BCUT2D eigenvalue weighted by atomic mass is 79.9. The van der Waals surface area contributed by atoms with Gasteiger partial charge < -0.3 is 0 Å². The SMILES string of the molecule is NOCc1ccc(Br)cc1C(F)(F)F. The van der Waals surface area contributed by atoms with Crippen LogP contribution in [-0.2, 0) is 17.6 Å². The standard InChI is InChI=1S/C8H7BrF3NO/c9-6-2-1-5(4-14-13)7(3-6)8(10,11)12/h1-3H,4,13H2. The third-order valence-corrected chi connectivity index (χ3v) is 2.11. The van der Waals surface area contributed by atoms with E-state index in [4.69, 9.17) is 5.90 Å². The van der Waals surface area contributed by atoms with Gasteiger partial charge in [0.2, 0.25) is 0 Å². The summed E-state index contributed by atoms with van der Waals surface area (Å²) in [5, 5.41) is 0. The molecule has 78 valence electrons. The van der Waals surface area contributed by atoms with Gasteiger partial charge in [-0.15, -0.1) is 0 Å². The molecular formula is C8H7BrF3NO. The molecule has 0 spiro atoms. The molecular weight excluding hydrogens is 263 g/mol. The first-order valence-corrected chi connectivity index (χ1v) is 4.41. The molecule has 0 unspecified atom stereocenters. The third kappa shape index (κ3) is 2.70. The van der Waals surface area contributed by atoms with E-state index in [0.717, 1.165) is 6.07 Å². The summed E-state index contributed by atoms with van der Waals surface area (Å²) >= 11 is 2.97. The molecule has 2 nitrogen and oxygen atoms in total. The first-order chi connectivity index (χ1) is 6.45. The molecule has 6 heteroatoms. The minimum absolute atomic E-state index is 0.0169. The first-order valence-electron chi connectivity index (χ1n) is 3.62. The lowest BCUT2D eigenvalue weighted by atomic mass is 10.1. The van der Waals surface area contributed by atoms with E-state index < -0.39 is 11.7 Å². The molecule has 0 aliphatic heterocycles. The summed E-state index contributed by atoms with van der Waals surface area (Å²) < 4.78 is 37.7. The maximum atomic E-state index is 12.4. The van der Waals surface area contributed by atoms with Crippen molar-refractivity contribution in [1.29, 1.82) is 0 Å². The summed E-state index contributed by atoms with van der Waals surface area (Å²) in [6, 6.07) is 3.82. The van der Waals surface area contributed by atoms with E-state index in [-0.39, 0.29) is 12.2 Å². The van der Waals surface area contributed by atoms with Crippen molar-refractivity contribution in [3.63, 3.8) is 0 Å². The van der Waals surface area contributed by atoms with Gasteiger partial charge in [-0.05, 0) is 17.7 Å². The largest absolute Gasteiger partial charge is 0.416 e. The Hall–Kier alpha value is -0.590. The summed E-state index contributed by atoms with van der Waals surface area (Å²) in [7, 11) is 0. The average Bonchev–Trinajstić information content (AvgIpc) is 2.07. The van der Waals surface area contributed by atoms with E-state index in [1.807, 2.05) is 0 Å². The Balaban J connectivity index is 3.16. The van der Waals surface area contributed by atoms with E-state index in [1.165, 1.54) is 12.1 Å². The molecule has 0 bridgehead atoms. The van der Waals surface area contributed by atoms with Gasteiger partial charge in [-0.25, -0.2) is 5.90 Å². The van der Waals surface area contributed by atoms with Gasteiger partial charge in [0.05, 0.1) is 12.2 Å². The molecule has 2 N–H and O–H groups in total. The van der Waals surface area contributed by atoms with Gasteiger partial charge in [0.15, 0.2) is 0 Å². The van der Waals surface area contributed by atoms with Crippen molar-refractivity contribution in [2.24, 2.45) is 5.90 Å². The van der Waals surface area contributed by atoms with Crippen LogP contribution in [0.2, 0.25) is 0 Å². The number of hydrogen-bond acceptors (Lipinski definition) is 2. The fourth-order valence-corrected chi connectivity index (χ4v) is 1.39. The Labute approximate surface area is 86.9 Å². The average molecular weight is 270 g/mol. The fraction of sp³-hybridized carbons (Fsp3) is 0.250. The third-order valence-electron chi connectivity index (χ3n) is 1.62. The van der Waals surface area contributed by atoms with Crippen molar-refractivity contribution >= 4 is 15.9 Å². The van der Waals surface area contributed by atoms with Gasteiger partial charge in [0.1, 0.15) is 0 Å². The molecule has 0 atom stereocenters. The highest BCUT2D eigenvalue weighted by Gasteiger charge is 2.33. The molecule has 0 amide bonds. The Morgan fingerprint density at radius 2 is 2.00 bits per heavy atom. The van der Waals surface area contributed by atoms with E-state index in [2.05, 4.69) is 20.8 Å². The highest BCUT2D eigenvalue weighted by Crippen LogP contribution is 2.33. The summed E-state index contributed by atoms with van der Waals surface area (Å²) in [6.45, 7) is -0.262. The maximum Gasteiger partial charge on any atom is 0.416 e. The Bertz CT molecular complexity index is 327. The second-order valence-electron chi connectivity index (χ2n) is 2.61. The van der Waals surface area contributed by atoms with Crippen molar-refractivity contribution in [2.75, 3.05) is 0 Å². The van der Waals surface area contributed by atoms with Crippen LogP contribution in [0.4, 0.5) is 13.2 Å². The number of halogens is 4. The van der Waals surface area contributed by atoms with Crippen LogP contribution in [0.5, 0.6) is 0 Å². The van der Waals surface area contributed by atoms with Gasteiger partial charge in [0, 0.05) is 4.47 Å².